The fraction of sp³-hybridized carbons (Fsp3) is 0.0857. The lowest BCUT2D eigenvalue weighted by Crippen LogP contribution is -1.94. The second kappa shape index (κ2) is 8.56. The molecule has 0 saturated heterocycles. The highest BCUT2D eigenvalue weighted by Crippen LogP contribution is 2.43. The smallest absolute Gasteiger partial charge is 0.00261 e. The summed E-state index contributed by atoms with van der Waals surface area (Å²) in [5.74, 6) is 0.439. The van der Waals surface area contributed by atoms with Crippen molar-refractivity contribution < 1.29 is 0 Å². The van der Waals surface area contributed by atoms with Crippen LogP contribution in [0.4, 0.5) is 0 Å². The molecule has 6 aromatic rings. The summed E-state index contributed by atoms with van der Waals surface area (Å²) in [5.41, 5.74) is 5.02. The van der Waals surface area contributed by atoms with Gasteiger partial charge >= 0.3 is 0 Å². The van der Waals surface area contributed by atoms with Crippen molar-refractivity contribution in [1.82, 2.24) is 0 Å². The van der Waals surface area contributed by atoms with Gasteiger partial charge in [-0.2, -0.15) is 0 Å². The van der Waals surface area contributed by atoms with Crippen LogP contribution in [0, 0.1) is 5.92 Å². The van der Waals surface area contributed by atoms with E-state index in [1.807, 2.05) is 6.08 Å². The maximum Gasteiger partial charge on any atom is -0.00261 e. The first-order valence-electron chi connectivity index (χ1n) is 12.4. The van der Waals surface area contributed by atoms with Crippen LogP contribution in [0.5, 0.6) is 0 Å². The fourth-order valence-corrected chi connectivity index (χ4v) is 5.52. The SMILES string of the molecule is C=CC(=CC(C)C)c1c2ccccc2c(-c2ccc3ccc4ccccc4c3c2)c2ccccc12. The van der Waals surface area contributed by atoms with E-state index in [2.05, 4.69) is 130 Å². The molecule has 0 heteroatoms. The molecule has 0 amide bonds. The van der Waals surface area contributed by atoms with Gasteiger partial charge in [0, 0.05) is 0 Å². The van der Waals surface area contributed by atoms with Crippen molar-refractivity contribution in [2.45, 2.75) is 13.8 Å². The van der Waals surface area contributed by atoms with Gasteiger partial charge in [-0.1, -0.05) is 130 Å². The second-order valence-electron chi connectivity index (χ2n) is 9.63. The lowest BCUT2D eigenvalue weighted by atomic mass is 9.84. The first-order chi connectivity index (χ1) is 17.2. The number of allylic oxidation sites excluding steroid dienone is 3. The summed E-state index contributed by atoms with van der Waals surface area (Å²) in [6.45, 7) is 8.63. The Morgan fingerprint density at radius 3 is 1.71 bits per heavy atom. The zero-order valence-electron chi connectivity index (χ0n) is 20.3. The minimum Gasteiger partial charge on any atom is -0.0985 e. The van der Waals surface area contributed by atoms with Crippen LogP contribution in [0.1, 0.15) is 19.4 Å². The summed E-state index contributed by atoms with van der Waals surface area (Å²) in [5, 5.41) is 10.2. The number of benzene rings is 6. The van der Waals surface area contributed by atoms with Crippen LogP contribution in [0.15, 0.2) is 122 Å². The van der Waals surface area contributed by atoms with E-state index in [-0.39, 0.29) is 0 Å². The third-order valence-electron chi connectivity index (χ3n) is 6.99. The standard InChI is InChI=1S/C35H28/c1-4-24(21-23(2)3)34-29-13-7-9-15-31(29)35(32-16-10-8-14-30(32)34)27-20-19-26-18-17-25-11-5-6-12-28(25)33(26)22-27/h4-23H,1H2,2-3H3. The average Bonchev–Trinajstić information content (AvgIpc) is 2.90. The predicted molar refractivity (Wildman–Crippen MR) is 155 cm³/mol. The lowest BCUT2D eigenvalue weighted by Gasteiger charge is -2.19. The van der Waals surface area contributed by atoms with Gasteiger partial charge in [-0.05, 0) is 77.3 Å². The van der Waals surface area contributed by atoms with E-state index in [0.717, 1.165) is 0 Å². The van der Waals surface area contributed by atoms with Crippen molar-refractivity contribution in [2.75, 3.05) is 0 Å². The Morgan fingerprint density at radius 1 is 0.600 bits per heavy atom. The van der Waals surface area contributed by atoms with Gasteiger partial charge in [-0.25, -0.2) is 0 Å². The zero-order chi connectivity index (χ0) is 23.9. The molecule has 35 heavy (non-hydrogen) atoms. The molecule has 0 aliphatic heterocycles. The molecule has 0 atom stereocenters. The number of hydrogen-bond acceptors (Lipinski definition) is 0. The van der Waals surface area contributed by atoms with Crippen LogP contribution < -0.4 is 0 Å². The van der Waals surface area contributed by atoms with Crippen LogP contribution in [0.25, 0.3) is 59.8 Å². The molecular weight excluding hydrogens is 420 g/mol. The first-order valence-corrected chi connectivity index (χ1v) is 12.4. The molecule has 6 rings (SSSR count). The molecule has 0 bridgehead atoms. The molecule has 0 aliphatic rings. The van der Waals surface area contributed by atoms with E-state index < -0.39 is 0 Å². The van der Waals surface area contributed by atoms with Gasteiger partial charge < -0.3 is 0 Å². The van der Waals surface area contributed by atoms with Crippen molar-refractivity contribution in [3.8, 4) is 11.1 Å². The van der Waals surface area contributed by atoms with Crippen molar-refractivity contribution >= 4 is 48.7 Å². The number of rotatable bonds is 4. The van der Waals surface area contributed by atoms with Crippen molar-refractivity contribution in [3.05, 3.63) is 127 Å². The Bertz CT molecular complexity index is 1720. The summed E-state index contributed by atoms with van der Waals surface area (Å²) in [6.07, 6.45) is 4.33. The highest BCUT2D eigenvalue weighted by Gasteiger charge is 2.17. The molecule has 0 saturated carbocycles. The number of hydrogen-bond donors (Lipinski definition) is 0. The van der Waals surface area contributed by atoms with Crippen molar-refractivity contribution in [2.24, 2.45) is 5.92 Å². The first kappa shape index (κ1) is 21.4. The highest BCUT2D eigenvalue weighted by molar-refractivity contribution is 6.20. The molecule has 0 nitrogen and oxygen atoms in total. The second-order valence-corrected chi connectivity index (χ2v) is 9.63. The normalized spacial score (nSPS) is 12.3. The summed E-state index contributed by atoms with van der Waals surface area (Å²) < 4.78 is 0. The van der Waals surface area contributed by atoms with E-state index in [9.17, 15) is 0 Å². The van der Waals surface area contributed by atoms with Crippen LogP contribution in [-0.2, 0) is 0 Å². The minimum absolute atomic E-state index is 0.439. The Kier molecular flexibility index (Phi) is 5.23. The summed E-state index contributed by atoms with van der Waals surface area (Å²) >= 11 is 0. The molecular formula is C35H28. The van der Waals surface area contributed by atoms with E-state index in [0.29, 0.717) is 5.92 Å². The quantitative estimate of drug-likeness (QED) is 0.143. The van der Waals surface area contributed by atoms with Crippen LogP contribution >= 0.6 is 0 Å². The molecule has 0 N–H and O–H groups in total. The summed E-state index contributed by atoms with van der Waals surface area (Å²) in [4.78, 5) is 0. The van der Waals surface area contributed by atoms with E-state index in [4.69, 9.17) is 0 Å². The third kappa shape index (κ3) is 3.54. The Labute approximate surface area is 206 Å². The molecule has 0 heterocycles. The Balaban J connectivity index is 1.76. The van der Waals surface area contributed by atoms with Crippen LogP contribution in [0.3, 0.4) is 0 Å². The Morgan fingerprint density at radius 2 is 1.11 bits per heavy atom. The van der Waals surface area contributed by atoms with Gasteiger partial charge in [0.15, 0.2) is 0 Å². The van der Waals surface area contributed by atoms with E-state index >= 15 is 0 Å². The molecule has 0 aromatic heterocycles. The topological polar surface area (TPSA) is 0 Å². The molecule has 0 aliphatic carbocycles. The van der Waals surface area contributed by atoms with Crippen LogP contribution in [0.2, 0.25) is 0 Å². The summed E-state index contributed by atoms with van der Waals surface area (Å²) in [6, 6.07) is 37.7. The van der Waals surface area contributed by atoms with E-state index in [1.165, 1.54) is 65.4 Å². The van der Waals surface area contributed by atoms with E-state index in [1.54, 1.807) is 0 Å². The van der Waals surface area contributed by atoms with Gasteiger partial charge in [0.1, 0.15) is 0 Å². The monoisotopic (exact) mass is 448 g/mol. The Hall–Kier alpha value is -4.16. The summed E-state index contributed by atoms with van der Waals surface area (Å²) in [7, 11) is 0. The molecule has 168 valence electrons. The van der Waals surface area contributed by atoms with Gasteiger partial charge in [-0.3, -0.25) is 0 Å². The molecule has 0 radical (unpaired) electrons. The molecule has 0 spiro atoms. The average molecular weight is 449 g/mol. The third-order valence-corrected chi connectivity index (χ3v) is 6.99. The fourth-order valence-electron chi connectivity index (χ4n) is 5.52. The number of fused-ring (bicyclic) bond motifs is 5. The van der Waals surface area contributed by atoms with Crippen molar-refractivity contribution in [1.29, 1.82) is 0 Å². The molecule has 0 unspecified atom stereocenters. The maximum absolute atomic E-state index is 4.18. The largest absolute Gasteiger partial charge is 0.0985 e. The zero-order valence-corrected chi connectivity index (χ0v) is 20.3. The van der Waals surface area contributed by atoms with Crippen molar-refractivity contribution in [3.63, 3.8) is 0 Å². The minimum atomic E-state index is 0.439. The highest BCUT2D eigenvalue weighted by atomic mass is 14.2. The van der Waals surface area contributed by atoms with Crippen LogP contribution in [-0.4, -0.2) is 0 Å². The van der Waals surface area contributed by atoms with Gasteiger partial charge in [-0.15, -0.1) is 0 Å². The molecule has 6 aromatic carbocycles. The maximum atomic E-state index is 4.18. The van der Waals surface area contributed by atoms with Gasteiger partial charge in [0.25, 0.3) is 0 Å². The molecule has 0 fully saturated rings. The van der Waals surface area contributed by atoms with Gasteiger partial charge in [0.2, 0.25) is 0 Å². The lowest BCUT2D eigenvalue weighted by molar-refractivity contribution is 0.834. The van der Waals surface area contributed by atoms with Gasteiger partial charge in [0.05, 0.1) is 0 Å². The predicted octanol–water partition coefficient (Wildman–Crippen LogP) is 10.2.